The van der Waals surface area contributed by atoms with Crippen molar-refractivity contribution in [2.24, 2.45) is 0 Å². The fourth-order valence-corrected chi connectivity index (χ4v) is 4.23. The lowest BCUT2D eigenvalue weighted by Gasteiger charge is -2.29. The molecule has 1 N–H and O–H groups in total. The molecule has 1 aromatic heterocycles. The van der Waals surface area contributed by atoms with Crippen LogP contribution in [-0.4, -0.2) is 5.11 Å². The molecule has 2 aromatic rings. The SMILES string of the molecule is O[C@H]1CC(c2cc(Br)c(Cl)s2)Oc2cc(Br)ccc21. The minimum absolute atomic E-state index is 0.161. The van der Waals surface area contributed by atoms with Gasteiger partial charge in [0.1, 0.15) is 16.2 Å². The Morgan fingerprint density at radius 1 is 1.32 bits per heavy atom. The molecule has 0 radical (unpaired) electrons. The predicted octanol–water partition coefficient (Wildman–Crippen LogP) is 5.48. The summed E-state index contributed by atoms with van der Waals surface area (Å²) in [5.41, 5.74) is 0.834. The average Bonchev–Trinajstić information content (AvgIpc) is 2.69. The van der Waals surface area contributed by atoms with Crippen LogP contribution < -0.4 is 4.74 Å². The zero-order chi connectivity index (χ0) is 13.6. The van der Waals surface area contributed by atoms with Gasteiger partial charge in [0.05, 0.1) is 6.10 Å². The van der Waals surface area contributed by atoms with Crippen molar-refractivity contribution < 1.29 is 9.84 Å². The summed E-state index contributed by atoms with van der Waals surface area (Å²) < 4.78 is 8.48. The molecule has 1 unspecified atom stereocenters. The minimum Gasteiger partial charge on any atom is -0.484 e. The van der Waals surface area contributed by atoms with Gasteiger partial charge in [-0.3, -0.25) is 0 Å². The number of ether oxygens (including phenoxy) is 1. The van der Waals surface area contributed by atoms with E-state index in [1.165, 1.54) is 11.3 Å². The highest BCUT2D eigenvalue weighted by Gasteiger charge is 2.29. The van der Waals surface area contributed by atoms with Crippen LogP contribution in [0.3, 0.4) is 0 Å². The Bertz CT molecular complexity index is 610. The summed E-state index contributed by atoms with van der Waals surface area (Å²) in [5.74, 6) is 0.721. The lowest BCUT2D eigenvalue weighted by Crippen LogP contribution is -2.18. The highest BCUT2D eigenvalue weighted by Crippen LogP contribution is 2.45. The number of rotatable bonds is 1. The first-order chi connectivity index (χ1) is 9.04. The number of hydrogen-bond acceptors (Lipinski definition) is 3. The van der Waals surface area contributed by atoms with E-state index in [0.29, 0.717) is 10.8 Å². The quantitative estimate of drug-likeness (QED) is 0.657. The van der Waals surface area contributed by atoms with E-state index < -0.39 is 6.10 Å². The third-order valence-corrected chi connectivity index (χ3v) is 6.08. The van der Waals surface area contributed by atoms with Crippen molar-refractivity contribution in [2.45, 2.75) is 18.6 Å². The summed E-state index contributed by atoms with van der Waals surface area (Å²) in [6.45, 7) is 0. The molecular formula is C13H9Br2ClO2S. The van der Waals surface area contributed by atoms with Gasteiger partial charge >= 0.3 is 0 Å². The Morgan fingerprint density at radius 2 is 2.11 bits per heavy atom. The first kappa shape index (κ1) is 13.9. The van der Waals surface area contributed by atoms with Crippen molar-refractivity contribution in [3.63, 3.8) is 0 Å². The van der Waals surface area contributed by atoms with Gasteiger partial charge in [0.2, 0.25) is 0 Å². The van der Waals surface area contributed by atoms with Gasteiger partial charge in [0, 0.05) is 25.8 Å². The third-order valence-electron chi connectivity index (χ3n) is 3.02. The minimum atomic E-state index is -0.512. The number of aliphatic hydroxyl groups is 1. The molecule has 0 spiro atoms. The van der Waals surface area contributed by atoms with Crippen LogP contribution in [0.5, 0.6) is 5.75 Å². The molecule has 0 fully saturated rings. The van der Waals surface area contributed by atoms with E-state index in [9.17, 15) is 5.11 Å². The topological polar surface area (TPSA) is 29.5 Å². The molecule has 19 heavy (non-hydrogen) atoms. The van der Waals surface area contributed by atoms with Crippen molar-refractivity contribution in [3.8, 4) is 5.75 Å². The largest absolute Gasteiger partial charge is 0.484 e. The van der Waals surface area contributed by atoms with Crippen molar-refractivity contribution in [1.29, 1.82) is 0 Å². The Balaban J connectivity index is 1.96. The molecule has 1 aromatic carbocycles. The van der Waals surface area contributed by atoms with Gasteiger partial charge in [0.15, 0.2) is 0 Å². The predicted molar refractivity (Wildman–Crippen MR) is 84.1 cm³/mol. The second-order valence-corrected chi connectivity index (χ2v) is 7.77. The van der Waals surface area contributed by atoms with Gasteiger partial charge in [-0.25, -0.2) is 0 Å². The molecule has 2 atom stereocenters. The van der Waals surface area contributed by atoms with Gasteiger partial charge in [0.25, 0.3) is 0 Å². The van der Waals surface area contributed by atoms with Crippen molar-refractivity contribution in [2.75, 3.05) is 0 Å². The number of hydrogen-bond donors (Lipinski definition) is 1. The zero-order valence-electron chi connectivity index (χ0n) is 9.57. The average molecular weight is 425 g/mol. The molecular weight excluding hydrogens is 415 g/mol. The molecule has 100 valence electrons. The van der Waals surface area contributed by atoms with Crippen molar-refractivity contribution >= 4 is 54.8 Å². The lowest BCUT2D eigenvalue weighted by molar-refractivity contribution is 0.0673. The van der Waals surface area contributed by atoms with E-state index in [4.69, 9.17) is 16.3 Å². The molecule has 0 aliphatic carbocycles. The lowest BCUT2D eigenvalue weighted by atomic mass is 9.98. The van der Waals surface area contributed by atoms with Crippen LogP contribution in [0.2, 0.25) is 4.34 Å². The van der Waals surface area contributed by atoms with E-state index in [1.807, 2.05) is 24.3 Å². The molecule has 3 rings (SSSR count). The van der Waals surface area contributed by atoms with Crippen LogP contribution in [0.25, 0.3) is 0 Å². The summed E-state index contributed by atoms with van der Waals surface area (Å²) in [5, 5.41) is 10.2. The van der Waals surface area contributed by atoms with Crippen molar-refractivity contribution in [1.82, 2.24) is 0 Å². The van der Waals surface area contributed by atoms with Crippen LogP contribution in [0.15, 0.2) is 33.2 Å². The second-order valence-electron chi connectivity index (χ2n) is 4.31. The Morgan fingerprint density at radius 3 is 2.79 bits per heavy atom. The van der Waals surface area contributed by atoms with Gasteiger partial charge in [-0.15, -0.1) is 11.3 Å². The Kier molecular flexibility index (Phi) is 3.93. The fourth-order valence-electron chi connectivity index (χ4n) is 2.11. The summed E-state index contributed by atoms with van der Waals surface area (Å²) in [6.07, 6.45) is -0.134. The molecule has 0 saturated heterocycles. The van der Waals surface area contributed by atoms with Gasteiger partial charge in [-0.05, 0) is 34.1 Å². The molecule has 2 nitrogen and oxygen atoms in total. The van der Waals surface area contributed by atoms with Gasteiger partial charge in [-0.2, -0.15) is 0 Å². The molecule has 0 bridgehead atoms. The van der Waals surface area contributed by atoms with Crippen LogP contribution in [0.1, 0.15) is 29.1 Å². The maximum atomic E-state index is 10.2. The first-order valence-electron chi connectivity index (χ1n) is 5.63. The van der Waals surface area contributed by atoms with Crippen LogP contribution in [0.4, 0.5) is 0 Å². The Labute approximate surface area is 136 Å². The number of benzene rings is 1. The molecule has 6 heteroatoms. The van der Waals surface area contributed by atoms with Gasteiger partial charge in [-0.1, -0.05) is 33.6 Å². The number of aliphatic hydroxyl groups excluding tert-OH is 1. The Hall–Kier alpha value is -0.0700. The number of halogens is 3. The monoisotopic (exact) mass is 422 g/mol. The van der Waals surface area contributed by atoms with Crippen molar-refractivity contribution in [3.05, 3.63) is 48.0 Å². The van der Waals surface area contributed by atoms with Crippen LogP contribution in [-0.2, 0) is 0 Å². The summed E-state index contributed by atoms with van der Waals surface area (Å²) in [4.78, 5) is 1.02. The van der Waals surface area contributed by atoms with E-state index in [0.717, 1.165) is 25.1 Å². The zero-order valence-corrected chi connectivity index (χ0v) is 14.3. The third kappa shape index (κ3) is 2.72. The maximum Gasteiger partial charge on any atom is 0.136 e. The van der Waals surface area contributed by atoms with Crippen LogP contribution >= 0.6 is 54.8 Å². The molecule has 1 aliphatic rings. The number of fused-ring (bicyclic) bond motifs is 1. The molecule has 0 saturated carbocycles. The highest BCUT2D eigenvalue weighted by molar-refractivity contribution is 9.10. The standard InChI is InChI=1S/C13H9Br2ClO2S/c14-6-1-2-7-9(17)5-11(18-10(7)3-6)12-4-8(15)13(16)19-12/h1-4,9,11,17H,5H2/t9-,11?/m0/s1. The molecule has 2 heterocycles. The highest BCUT2D eigenvalue weighted by atomic mass is 79.9. The van der Waals surface area contributed by atoms with E-state index in [-0.39, 0.29) is 6.10 Å². The summed E-state index contributed by atoms with van der Waals surface area (Å²) in [6, 6.07) is 7.63. The normalized spacial score (nSPS) is 21.9. The van der Waals surface area contributed by atoms with Gasteiger partial charge < -0.3 is 9.84 Å². The summed E-state index contributed by atoms with van der Waals surface area (Å²) >= 11 is 14.3. The fraction of sp³-hybridized carbons (Fsp3) is 0.231. The number of thiophene rings is 1. The maximum absolute atomic E-state index is 10.2. The first-order valence-corrected chi connectivity index (χ1v) is 8.41. The smallest absolute Gasteiger partial charge is 0.136 e. The van der Waals surface area contributed by atoms with E-state index >= 15 is 0 Å². The van der Waals surface area contributed by atoms with E-state index in [2.05, 4.69) is 31.9 Å². The second kappa shape index (κ2) is 5.37. The molecule has 0 amide bonds. The summed E-state index contributed by atoms with van der Waals surface area (Å²) in [7, 11) is 0. The molecule has 1 aliphatic heterocycles. The van der Waals surface area contributed by atoms with E-state index in [1.54, 1.807) is 0 Å². The van der Waals surface area contributed by atoms with Crippen LogP contribution in [0, 0.1) is 0 Å².